The lowest BCUT2D eigenvalue weighted by Crippen LogP contribution is -2.29. The van der Waals surface area contributed by atoms with E-state index in [1.54, 1.807) is 11.8 Å². The van der Waals surface area contributed by atoms with Crippen molar-refractivity contribution in [2.75, 3.05) is 24.2 Å². The number of nitrogens with zero attached hydrogens (tertiary/aromatic N) is 1. The molecule has 0 saturated carbocycles. The van der Waals surface area contributed by atoms with Gasteiger partial charge in [0.25, 0.3) is 0 Å². The zero-order valence-corrected chi connectivity index (χ0v) is 17.2. The summed E-state index contributed by atoms with van der Waals surface area (Å²) >= 11 is 1.69. The van der Waals surface area contributed by atoms with Gasteiger partial charge < -0.3 is 5.32 Å². The Hall–Kier alpha value is -1.83. The molecule has 0 spiro atoms. The Balaban J connectivity index is 1.53. The number of rotatable bonds is 6. The Morgan fingerprint density at radius 1 is 1.15 bits per heavy atom. The minimum atomic E-state index is -3.15. The third-order valence-corrected chi connectivity index (χ3v) is 7.63. The zero-order valence-electron chi connectivity index (χ0n) is 15.6. The van der Waals surface area contributed by atoms with Gasteiger partial charge in [-0.3, -0.25) is 4.79 Å². The standard InChI is InChI=1S/C20H24N2O3S2/c1-15-4-9-19(16(2)14-15)26-18-7-5-17(6-8-18)21-20(23)10-12-22-11-3-13-27(22,24)25/h4-9,14H,3,10-13H2,1-2H3,(H,21,23). The zero-order chi connectivity index (χ0) is 19.4. The average molecular weight is 405 g/mol. The van der Waals surface area contributed by atoms with Crippen molar-refractivity contribution < 1.29 is 13.2 Å². The van der Waals surface area contributed by atoms with E-state index in [2.05, 4.69) is 37.4 Å². The number of carbonyl (C=O) groups excluding carboxylic acids is 1. The van der Waals surface area contributed by atoms with E-state index in [0.29, 0.717) is 18.7 Å². The molecule has 0 aromatic heterocycles. The molecule has 1 aliphatic rings. The quantitative estimate of drug-likeness (QED) is 0.795. The van der Waals surface area contributed by atoms with E-state index >= 15 is 0 Å². The summed E-state index contributed by atoms with van der Waals surface area (Å²) in [5.74, 6) is 0.0145. The molecular weight excluding hydrogens is 380 g/mol. The van der Waals surface area contributed by atoms with Crippen molar-refractivity contribution in [1.82, 2.24) is 4.31 Å². The van der Waals surface area contributed by atoms with Crippen LogP contribution in [-0.4, -0.2) is 37.5 Å². The molecule has 1 fully saturated rings. The molecule has 144 valence electrons. The Bertz CT molecular complexity index is 925. The van der Waals surface area contributed by atoms with Crippen LogP contribution in [0.2, 0.25) is 0 Å². The molecule has 1 heterocycles. The number of hydrogen-bond donors (Lipinski definition) is 1. The number of hydrogen-bond acceptors (Lipinski definition) is 4. The molecule has 7 heteroatoms. The van der Waals surface area contributed by atoms with Gasteiger partial charge in [-0.2, -0.15) is 0 Å². The Labute approximate surface area is 165 Å². The lowest BCUT2D eigenvalue weighted by atomic mass is 10.2. The Morgan fingerprint density at radius 2 is 1.89 bits per heavy atom. The lowest BCUT2D eigenvalue weighted by Gasteiger charge is -2.14. The summed E-state index contributed by atoms with van der Waals surface area (Å²) in [5, 5.41) is 2.83. The molecule has 0 unspecified atom stereocenters. The molecule has 5 nitrogen and oxygen atoms in total. The lowest BCUT2D eigenvalue weighted by molar-refractivity contribution is -0.116. The highest BCUT2D eigenvalue weighted by Gasteiger charge is 2.28. The highest BCUT2D eigenvalue weighted by atomic mass is 32.2. The van der Waals surface area contributed by atoms with Gasteiger partial charge in [0, 0.05) is 35.0 Å². The summed E-state index contributed by atoms with van der Waals surface area (Å²) in [5.41, 5.74) is 3.21. The number of aryl methyl sites for hydroxylation is 2. The molecular formula is C20H24N2O3S2. The maximum Gasteiger partial charge on any atom is 0.225 e. The van der Waals surface area contributed by atoms with Gasteiger partial charge in [-0.05, 0) is 56.2 Å². The van der Waals surface area contributed by atoms with Crippen molar-refractivity contribution in [2.24, 2.45) is 0 Å². The summed E-state index contributed by atoms with van der Waals surface area (Å²) in [7, 11) is -3.15. The van der Waals surface area contributed by atoms with Gasteiger partial charge in [-0.15, -0.1) is 0 Å². The number of carbonyl (C=O) groups is 1. The first-order valence-electron chi connectivity index (χ1n) is 8.96. The summed E-state index contributed by atoms with van der Waals surface area (Å²) < 4.78 is 24.9. The molecule has 3 rings (SSSR count). The molecule has 2 aromatic carbocycles. The van der Waals surface area contributed by atoms with Crippen LogP contribution in [0, 0.1) is 13.8 Å². The topological polar surface area (TPSA) is 66.5 Å². The molecule has 1 N–H and O–H groups in total. The third kappa shape index (κ3) is 5.34. The maximum absolute atomic E-state index is 12.1. The molecule has 1 saturated heterocycles. The molecule has 0 bridgehead atoms. The summed E-state index contributed by atoms with van der Waals surface area (Å²) in [6.07, 6.45) is 0.807. The highest BCUT2D eigenvalue weighted by Crippen LogP contribution is 2.31. The van der Waals surface area contributed by atoms with Crippen molar-refractivity contribution in [2.45, 2.75) is 36.5 Å². The first-order chi connectivity index (χ1) is 12.8. The van der Waals surface area contributed by atoms with Crippen LogP contribution in [0.25, 0.3) is 0 Å². The van der Waals surface area contributed by atoms with Crippen LogP contribution in [0.4, 0.5) is 5.69 Å². The molecule has 0 atom stereocenters. The van der Waals surface area contributed by atoms with Crippen LogP contribution in [0.1, 0.15) is 24.0 Å². The smallest absolute Gasteiger partial charge is 0.225 e. The van der Waals surface area contributed by atoms with Gasteiger partial charge in [0.05, 0.1) is 5.75 Å². The van der Waals surface area contributed by atoms with Gasteiger partial charge in [0.1, 0.15) is 0 Å². The van der Waals surface area contributed by atoms with Crippen molar-refractivity contribution in [3.8, 4) is 0 Å². The fraction of sp³-hybridized carbons (Fsp3) is 0.350. The van der Waals surface area contributed by atoms with Crippen molar-refractivity contribution >= 4 is 33.4 Å². The highest BCUT2D eigenvalue weighted by molar-refractivity contribution is 7.99. The van der Waals surface area contributed by atoms with E-state index in [0.717, 1.165) is 4.90 Å². The number of benzene rings is 2. The van der Waals surface area contributed by atoms with E-state index in [9.17, 15) is 13.2 Å². The van der Waals surface area contributed by atoms with E-state index < -0.39 is 10.0 Å². The largest absolute Gasteiger partial charge is 0.326 e. The fourth-order valence-electron chi connectivity index (χ4n) is 3.04. The molecule has 1 aliphatic heterocycles. The van der Waals surface area contributed by atoms with Gasteiger partial charge in [-0.25, -0.2) is 12.7 Å². The number of amides is 1. The van der Waals surface area contributed by atoms with Crippen molar-refractivity contribution in [3.05, 3.63) is 53.6 Å². The summed E-state index contributed by atoms with van der Waals surface area (Å²) in [4.78, 5) is 14.4. The van der Waals surface area contributed by atoms with Crippen LogP contribution >= 0.6 is 11.8 Å². The Kier molecular flexibility index (Phi) is 6.24. The Morgan fingerprint density at radius 3 is 2.52 bits per heavy atom. The predicted molar refractivity (Wildman–Crippen MR) is 110 cm³/mol. The van der Waals surface area contributed by atoms with E-state index in [-0.39, 0.29) is 24.6 Å². The average Bonchev–Trinajstić information content (AvgIpc) is 2.95. The van der Waals surface area contributed by atoms with Gasteiger partial charge in [0.2, 0.25) is 15.9 Å². The second kappa shape index (κ2) is 8.46. The fourth-order valence-corrected chi connectivity index (χ4v) is 5.45. The first kappa shape index (κ1) is 19.9. The van der Waals surface area contributed by atoms with Crippen molar-refractivity contribution in [1.29, 1.82) is 0 Å². The van der Waals surface area contributed by atoms with Crippen LogP contribution < -0.4 is 5.32 Å². The maximum atomic E-state index is 12.1. The first-order valence-corrected chi connectivity index (χ1v) is 11.4. The van der Waals surface area contributed by atoms with Crippen LogP contribution in [0.15, 0.2) is 52.3 Å². The SMILES string of the molecule is Cc1ccc(Sc2ccc(NC(=O)CCN3CCCS3(=O)=O)cc2)c(C)c1. The minimum absolute atomic E-state index is 0.165. The van der Waals surface area contributed by atoms with Crippen LogP contribution in [0.3, 0.4) is 0 Å². The van der Waals surface area contributed by atoms with Crippen molar-refractivity contribution in [3.63, 3.8) is 0 Å². The monoisotopic (exact) mass is 404 g/mol. The number of sulfonamides is 1. The van der Waals surface area contributed by atoms with Crippen LogP contribution in [0.5, 0.6) is 0 Å². The molecule has 1 amide bonds. The molecule has 2 aromatic rings. The van der Waals surface area contributed by atoms with E-state index in [1.165, 1.54) is 20.3 Å². The normalized spacial score (nSPS) is 16.4. The molecule has 0 radical (unpaired) electrons. The molecule has 27 heavy (non-hydrogen) atoms. The van der Waals surface area contributed by atoms with Gasteiger partial charge >= 0.3 is 0 Å². The van der Waals surface area contributed by atoms with Gasteiger partial charge in [-0.1, -0.05) is 29.5 Å². The second-order valence-corrected chi connectivity index (χ2v) is 9.97. The van der Waals surface area contributed by atoms with Crippen LogP contribution in [-0.2, 0) is 14.8 Å². The predicted octanol–water partition coefficient (Wildman–Crippen LogP) is 3.82. The third-order valence-electron chi connectivity index (χ3n) is 4.49. The summed E-state index contributed by atoms with van der Waals surface area (Å²) in [6, 6.07) is 14.1. The number of nitrogens with one attached hydrogen (secondary N) is 1. The van der Waals surface area contributed by atoms with E-state index in [1.807, 2.05) is 24.3 Å². The second-order valence-electron chi connectivity index (χ2n) is 6.76. The minimum Gasteiger partial charge on any atom is -0.326 e. The summed E-state index contributed by atoms with van der Waals surface area (Å²) in [6.45, 7) is 4.94. The number of anilines is 1. The molecule has 0 aliphatic carbocycles. The van der Waals surface area contributed by atoms with Gasteiger partial charge in [0.15, 0.2) is 0 Å². The van der Waals surface area contributed by atoms with E-state index in [4.69, 9.17) is 0 Å².